The Morgan fingerprint density at radius 2 is 1.87 bits per heavy atom. The molecule has 0 radical (unpaired) electrons. The van der Waals surface area contributed by atoms with E-state index < -0.39 is 0 Å². The van der Waals surface area contributed by atoms with E-state index in [9.17, 15) is 4.79 Å². The van der Waals surface area contributed by atoms with Gasteiger partial charge in [-0.1, -0.05) is 30.3 Å². The molecule has 0 bridgehead atoms. The Kier molecular flexibility index (Phi) is 3.15. The molecule has 6 nitrogen and oxygen atoms in total. The number of benzene rings is 1. The lowest BCUT2D eigenvalue weighted by molar-refractivity contribution is -0.116. The van der Waals surface area contributed by atoms with Crippen molar-refractivity contribution in [2.24, 2.45) is 0 Å². The number of nitrogens with one attached hydrogen (secondary N) is 1. The van der Waals surface area contributed by atoms with Crippen molar-refractivity contribution in [3.05, 3.63) is 65.6 Å². The summed E-state index contributed by atoms with van der Waals surface area (Å²) in [6, 6.07) is 11.8. The van der Waals surface area contributed by atoms with Crippen molar-refractivity contribution in [2.45, 2.75) is 19.3 Å². The number of amides is 1. The second-order valence-corrected chi connectivity index (χ2v) is 5.52. The number of nitrogens with zero attached hydrogens (tertiary/aromatic N) is 4. The summed E-state index contributed by atoms with van der Waals surface area (Å²) >= 11 is 0. The summed E-state index contributed by atoms with van der Waals surface area (Å²) in [6.07, 6.45) is 3.73. The minimum absolute atomic E-state index is 0.00240. The van der Waals surface area contributed by atoms with Gasteiger partial charge in [0, 0.05) is 30.3 Å². The molecule has 23 heavy (non-hydrogen) atoms. The summed E-state index contributed by atoms with van der Waals surface area (Å²) < 4.78 is 1.61. The first kappa shape index (κ1) is 13.6. The Morgan fingerprint density at radius 1 is 1.13 bits per heavy atom. The molecule has 1 N–H and O–H groups in total. The van der Waals surface area contributed by atoms with Crippen LogP contribution in [0.5, 0.6) is 0 Å². The van der Waals surface area contributed by atoms with Crippen LogP contribution in [0.15, 0.2) is 48.8 Å². The van der Waals surface area contributed by atoms with Crippen LogP contribution in [-0.2, 0) is 4.79 Å². The minimum atomic E-state index is -0.0246. The zero-order valence-electron chi connectivity index (χ0n) is 12.6. The van der Waals surface area contributed by atoms with E-state index in [1.54, 1.807) is 23.1 Å². The molecule has 3 heterocycles. The molecule has 4 rings (SSSR count). The Morgan fingerprint density at radius 3 is 2.61 bits per heavy atom. The molecule has 1 atom stereocenters. The fourth-order valence-electron chi connectivity index (χ4n) is 3.06. The van der Waals surface area contributed by atoms with E-state index in [2.05, 4.69) is 20.4 Å². The van der Waals surface area contributed by atoms with E-state index in [-0.39, 0.29) is 11.8 Å². The summed E-state index contributed by atoms with van der Waals surface area (Å²) in [6.45, 7) is 1.95. The van der Waals surface area contributed by atoms with Gasteiger partial charge in [0.2, 0.25) is 5.91 Å². The SMILES string of the molecule is Cc1nn(-c2ncccn2)c2c1C(c1ccccc1)CC(=O)N2. The van der Waals surface area contributed by atoms with Crippen molar-refractivity contribution in [1.82, 2.24) is 19.7 Å². The third-order valence-electron chi connectivity index (χ3n) is 4.05. The molecule has 0 aliphatic carbocycles. The van der Waals surface area contributed by atoms with Crippen LogP contribution in [0.4, 0.5) is 5.82 Å². The average Bonchev–Trinajstić information content (AvgIpc) is 2.92. The van der Waals surface area contributed by atoms with Crippen LogP contribution in [0.1, 0.15) is 29.2 Å². The average molecular weight is 305 g/mol. The van der Waals surface area contributed by atoms with E-state index in [4.69, 9.17) is 0 Å². The number of aromatic nitrogens is 4. The van der Waals surface area contributed by atoms with Gasteiger partial charge in [0.05, 0.1) is 5.69 Å². The molecule has 114 valence electrons. The van der Waals surface area contributed by atoms with Crippen LogP contribution < -0.4 is 5.32 Å². The van der Waals surface area contributed by atoms with Gasteiger partial charge in [0.1, 0.15) is 5.82 Å². The Hall–Kier alpha value is -3.02. The van der Waals surface area contributed by atoms with Crippen molar-refractivity contribution in [3.8, 4) is 5.95 Å². The zero-order valence-corrected chi connectivity index (χ0v) is 12.6. The first-order valence-corrected chi connectivity index (χ1v) is 7.46. The van der Waals surface area contributed by atoms with E-state index in [0.29, 0.717) is 18.2 Å². The van der Waals surface area contributed by atoms with E-state index in [0.717, 1.165) is 16.8 Å². The van der Waals surface area contributed by atoms with Crippen LogP contribution in [-0.4, -0.2) is 25.7 Å². The molecule has 1 aliphatic heterocycles. The second kappa shape index (κ2) is 5.31. The van der Waals surface area contributed by atoms with E-state index in [1.165, 1.54) is 0 Å². The number of carbonyl (C=O) groups excluding carboxylic acids is 1. The molecule has 1 unspecified atom stereocenters. The first-order chi connectivity index (χ1) is 11.2. The summed E-state index contributed by atoms with van der Waals surface area (Å²) in [5.41, 5.74) is 3.02. The smallest absolute Gasteiger partial charge is 0.252 e. The third-order valence-corrected chi connectivity index (χ3v) is 4.05. The highest BCUT2D eigenvalue weighted by Gasteiger charge is 2.32. The highest BCUT2D eigenvalue weighted by molar-refractivity contribution is 5.95. The predicted octanol–water partition coefficient (Wildman–Crippen LogP) is 2.44. The van der Waals surface area contributed by atoms with Crippen LogP contribution >= 0.6 is 0 Å². The van der Waals surface area contributed by atoms with Crippen molar-refractivity contribution in [3.63, 3.8) is 0 Å². The summed E-state index contributed by atoms with van der Waals surface area (Å²) in [5, 5.41) is 7.48. The molecule has 6 heteroatoms. The highest BCUT2D eigenvalue weighted by atomic mass is 16.1. The molecule has 1 amide bonds. The summed E-state index contributed by atoms with van der Waals surface area (Å²) in [5.74, 6) is 1.09. The molecule has 0 fully saturated rings. The van der Waals surface area contributed by atoms with Crippen LogP contribution in [0, 0.1) is 6.92 Å². The summed E-state index contributed by atoms with van der Waals surface area (Å²) in [4.78, 5) is 20.7. The number of hydrogen-bond acceptors (Lipinski definition) is 4. The Labute approximate surface area is 133 Å². The van der Waals surface area contributed by atoms with Crippen molar-refractivity contribution < 1.29 is 4.79 Å². The van der Waals surface area contributed by atoms with Gasteiger partial charge >= 0.3 is 0 Å². The monoisotopic (exact) mass is 305 g/mol. The second-order valence-electron chi connectivity index (χ2n) is 5.52. The molecule has 3 aromatic rings. The van der Waals surface area contributed by atoms with Gasteiger partial charge in [-0.25, -0.2) is 9.97 Å². The number of carbonyl (C=O) groups is 1. The van der Waals surface area contributed by atoms with Gasteiger partial charge in [-0.05, 0) is 18.6 Å². The van der Waals surface area contributed by atoms with Crippen LogP contribution in [0.3, 0.4) is 0 Å². The highest BCUT2D eigenvalue weighted by Crippen LogP contribution is 2.39. The van der Waals surface area contributed by atoms with E-state index >= 15 is 0 Å². The van der Waals surface area contributed by atoms with Gasteiger partial charge in [0.15, 0.2) is 0 Å². The van der Waals surface area contributed by atoms with Gasteiger partial charge in [-0.3, -0.25) is 4.79 Å². The Bertz CT molecular complexity index is 857. The maximum Gasteiger partial charge on any atom is 0.252 e. The lowest BCUT2D eigenvalue weighted by Crippen LogP contribution is -2.25. The summed E-state index contributed by atoms with van der Waals surface area (Å²) in [7, 11) is 0. The maximum atomic E-state index is 12.2. The molecule has 0 spiro atoms. The topological polar surface area (TPSA) is 72.7 Å². The molecule has 0 saturated heterocycles. The van der Waals surface area contributed by atoms with Crippen molar-refractivity contribution in [1.29, 1.82) is 0 Å². The molecule has 1 aliphatic rings. The first-order valence-electron chi connectivity index (χ1n) is 7.46. The van der Waals surface area contributed by atoms with Crippen LogP contribution in [0.2, 0.25) is 0 Å². The quantitative estimate of drug-likeness (QED) is 0.789. The lowest BCUT2D eigenvalue weighted by atomic mass is 9.86. The third kappa shape index (κ3) is 2.28. The van der Waals surface area contributed by atoms with Gasteiger partial charge in [0.25, 0.3) is 5.95 Å². The fourth-order valence-corrected chi connectivity index (χ4v) is 3.06. The lowest BCUT2D eigenvalue weighted by Gasteiger charge is -2.24. The van der Waals surface area contributed by atoms with Crippen LogP contribution in [0.25, 0.3) is 5.95 Å². The zero-order chi connectivity index (χ0) is 15.8. The molecule has 2 aromatic heterocycles. The van der Waals surface area contributed by atoms with Gasteiger partial charge in [-0.2, -0.15) is 9.78 Å². The number of anilines is 1. The molecular weight excluding hydrogens is 290 g/mol. The molecule has 0 saturated carbocycles. The van der Waals surface area contributed by atoms with Gasteiger partial charge in [-0.15, -0.1) is 0 Å². The molecule has 1 aromatic carbocycles. The number of hydrogen-bond donors (Lipinski definition) is 1. The Balaban J connectivity index is 1.89. The van der Waals surface area contributed by atoms with Crippen molar-refractivity contribution >= 4 is 11.7 Å². The molecular formula is C17H15N5O. The number of fused-ring (bicyclic) bond motifs is 1. The maximum absolute atomic E-state index is 12.2. The predicted molar refractivity (Wildman–Crippen MR) is 85.4 cm³/mol. The fraction of sp³-hybridized carbons (Fsp3) is 0.176. The minimum Gasteiger partial charge on any atom is -0.310 e. The number of rotatable bonds is 2. The largest absolute Gasteiger partial charge is 0.310 e. The van der Waals surface area contributed by atoms with E-state index in [1.807, 2.05) is 37.3 Å². The standard InChI is InChI=1S/C17H15N5O/c1-11-15-13(12-6-3-2-4-7-12)10-14(23)20-16(15)22(21-11)17-18-8-5-9-19-17/h2-9,13H,10H2,1H3,(H,20,23). The number of aryl methyl sites for hydroxylation is 1. The normalized spacial score (nSPS) is 16.7. The van der Waals surface area contributed by atoms with Gasteiger partial charge < -0.3 is 5.32 Å². The van der Waals surface area contributed by atoms with Crippen molar-refractivity contribution in [2.75, 3.05) is 5.32 Å².